The number of methoxy groups -OCH3 is 1. The Balaban J connectivity index is 2.20. The molecule has 1 heterocycles. The van der Waals surface area contributed by atoms with E-state index in [1.54, 1.807) is 37.4 Å². The Morgan fingerprint density at radius 1 is 1.32 bits per heavy atom. The van der Waals surface area contributed by atoms with E-state index in [1.807, 2.05) is 0 Å². The summed E-state index contributed by atoms with van der Waals surface area (Å²) in [5.74, 6) is 0.907. The number of hydrogen-bond donors (Lipinski definition) is 0. The Morgan fingerprint density at radius 3 is 2.79 bits per heavy atom. The SMILES string of the molecule is COc1cccc([S@](=O)Cc2ncc(Cl)cc2Cl)c1. The molecule has 3 nitrogen and oxygen atoms in total. The van der Waals surface area contributed by atoms with Crippen LogP contribution in [0.15, 0.2) is 41.4 Å². The Hall–Kier alpha value is -1.10. The van der Waals surface area contributed by atoms with Crippen LogP contribution in [0.25, 0.3) is 0 Å². The van der Waals surface area contributed by atoms with Crippen LogP contribution in [0.1, 0.15) is 5.69 Å². The summed E-state index contributed by atoms with van der Waals surface area (Å²) in [7, 11) is 0.336. The molecule has 6 heteroatoms. The van der Waals surface area contributed by atoms with Gasteiger partial charge in [0.15, 0.2) is 0 Å². The van der Waals surface area contributed by atoms with Gasteiger partial charge in [-0.15, -0.1) is 0 Å². The summed E-state index contributed by atoms with van der Waals surface area (Å²) in [4.78, 5) is 4.77. The summed E-state index contributed by atoms with van der Waals surface area (Å²) in [5, 5.41) is 0.879. The minimum absolute atomic E-state index is 0.239. The normalized spacial score (nSPS) is 12.2. The number of nitrogens with zero attached hydrogens (tertiary/aromatic N) is 1. The van der Waals surface area contributed by atoms with E-state index in [1.165, 1.54) is 6.20 Å². The van der Waals surface area contributed by atoms with E-state index in [9.17, 15) is 4.21 Å². The average Bonchev–Trinajstić information content (AvgIpc) is 2.42. The molecular weight excluding hydrogens is 305 g/mol. The smallest absolute Gasteiger partial charge is 0.120 e. The number of ether oxygens (including phenoxy) is 1. The second-order valence-electron chi connectivity index (χ2n) is 3.75. The highest BCUT2D eigenvalue weighted by Gasteiger charge is 2.10. The fraction of sp³-hybridized carbons (Fsp3) is 0.154. The van der Waals surface area contributed by atoms with Gasteiger partial charge in [0.05, 0.1) is 39.4 Å². The second kappa shape index (κ2) is 6.37. The van der Waals surface area contributed by atoms with Crippen molar-refractivity contribution in [1.29, 1.82) is 0 Å². The second-order valence-corrected chi connectivity index (χ2v) is 6.05. The highest BCUT2D eigenvalue weighted by atomic mass is 35.5. The molecule has 0 spiro atoms. The van der Waals surface area contributed by atoms with Gasteiger partial charge in [-0.1, -0.05) is 29.3 Å². The fourth-order valence-electron chi connectivity index (χ4n) is 1.50. The molecule has 0 aliphatic carbocycles. The number of aromatic nitrogens is 1. The predicted molar refractivity (Wildman–Crippen MR) is 77.4 cm³/mol. The minimum atomic E-state index is -1.23. The zero-order valence-corrected chi connectivity index (χ0v) is 12.4. The summed E-state index contributed by atoms with van der Waals surface area (Å²) in [5.41, 5.74) is 0.562. The molecule has 1 aromatic carbocycles. The van der Waals surface area contributed by atoms with Crippen molar-refractivity contribution >= 4 is 34.0 Å². The average molecular weight is 316 g/mol. The van der Waals surface area contributed by atoms with Gasteiger partial charge < -0.3 is 4.74 Å². The van der Waals surface area contributed by atoms with Crippen LogP contribution in [0.5, 0.6) is 5.75 Å². The number of hydrogen-bond acceptors (Lipinski definition) is 3. The molecule has 0 N–H and O–H groups in total. The van der Waals surface area contributed by atoms with E-state index in [0.29, 0.717) is 26.4 Å². The van der Waals surface area contributed by atoms with Crippen LogP contribution < -0.4 is 4.74 Å². The maximum absolute atomic E-state index is 12.2. The molecule has 1 aromatic heterocycles. The lowest BCUT2D eigenvalue weighted by atomic mass is 10.3. The number of pyridine rings is 1. The first-order valence-corrected chi connectivity index (χ1v) is 7.50. The van der Waals surface area contributed by atoms with Crippen LogP contribution in [0.3, 0.4) is 0 Å². The molecule has 0 unspecified atom stereocenters. The van der Waals surface area contributed by atoms with Crippen molar-refractivity contribution in [1.82, 2.24) is 4.98 Å². The van der Waals surface area contributed by atoms with Crippen molar-refractivity contribution < 1.29 is 8.95 Å². The molecule has 0 aliphatic heterocycles. The van der Waals surface area contributed by atoms with Crippen LogP contribution in [0.4, 0.5) is 0 Å². The first-order chi connectivity index (χ1) is 9.10. The summed E-state index contributed by atoms with van der Waals surface area (Å²) in [6.45, 7) is 0. The van der Waals surface area contributed by atoms with Gasteiger partial charge >= 0.3 is 0 Å². The van der Waals surface area contributed by atoms with Gasteiger partial charge in [-0.3, -0.25) is 9.19 Å². The quantitative estimate of drug-likeness (QED) is 0.863. The highest BCUT2D eigenvalue weighted by molar-refractivity contribution is 7.84. The molecule has 0 saturated carbocycles. The van der Waals surface area contributed by atoms with Crippen LogP contribution >= 0.6 is 23.2 Å². The lowest BCUT2D eigenvalue weighted by molar-refractivity contribution is 0.413. The zero-order chi connectivity index (χ0) is 13.8. The monoisotopic (exact) mass is 315 g/mol. The van der Waals surface area contributed by atoms with E-state index in [4.69, 9.17) is 27.9 Å². The summed E-state index contributed by atoms with van der Waals surface area (Å²) >= 11 is 11.8. The third-order valence-electron chi connectivity index (χ3n) is 2.46. The van der Waals surface area contributed by atoms with Gasteiger partial charge in [-0.25, -0.2) is 0 Å². The molecular formula is C13H11Cl2NO2S. The van der Waals surface area contributed by atoms with Gasteiger partial charge in [0.1, 0.15) is 5.75 Å². The lowest BCUT2D eigenvalue weighted by Crippen LogP contribution is -2.00. The third-order valence-corrected chi connectivity index (χ3v) is 4.31. The Labute approximate surface area is 124 Å². The molecule has 1 atom stereocenters. The van der Waals surface area contributed by atoms with Crippen molar-refractivity contribution in [3.8, 4) is 5.75 Å². The zero-order valence-electron chi connectivity index (χ0n) is 10.1. The molecule has 19 heavy (non-hydrogen) atoms. The topological polar surface area (TPSA) is 39.2 Å². The molecule has 0 radical (unpaired) electrons. The van der Waals surface area contributed by atoms with E-state index < -0.39 is 10.8 Å². The first-order valence-electron chi connectivity index (χ1n) is 5.42. The van der Waals surface area contributed by atoms with Crippen molar-refractivity contribution in [3.05, 3.63) is 52.3 Å². The molecule has 0 aliphatic rings. The molecule has 2 aromatic rings. The fourth-order valence-corrected chi connectivity index (χ4v) is 3.15. The van der Waals surface area contributed by atoms with Gasteiger partial charge in [0.25, 0.3) is 0 Å². The van der Waals surface area contributed by atoms with Crippen LogP contribution in [-0.2, 0) is 16.6 Å². The van der Waals surface area contributed by atoms with E-state index in [-0.39, 0.29) is 5.75 Å². The molecule has 100 valence electrons. The standard InChI is InChI=1S/C13H11Cl2NO2S/c1-18-10-3-2-4-11(6-10)19(17)8-13-12(15)5-9(14)7-16-13/h2-7H,8H2,1H3/t19-/m1/s1. The van der Waals surface area contributed by atoms with Crippen molar-refractivity contribution in [2.75, 3.05) is 7.11 Å². The Morgan fingerprint density at radius 2 is 2.11 bits per heavy atom. The summed E-state index contributed by atoms with van der Waals surface area (Å²) < 4.78 is 17.3. The van der Waals surface area contributed by atoms with Gasteiger partial charge in [-0.05, 0) is 24.3 Å². The van der Waals surface area contributed by atoms with E-state index in [0.717, 1.165) is 0 Å². The van der Waals surface area contributed by atoms with Crippen molar-refractivity contribution in [2.45, 2.75) is 10.6 Å². The Bertz CT molecular complexity index is 619. The lowest BCUT2D eigenvalue weighted by Gasteiger charge is -2.06. The van der Waals surface area contributed by atoms with Crippen molar-refractivity contribution in [3.63, 3.8) is 0 Å². The largest absolute Gasteiger partial charge is 0.497 e. The molecule has 0 amide bonds. The number of halogens is 2. The Kier molecular flexibility index (Phi) is 4.80. The van der Waals surface area contributed by atoms with E-state index >= 15 is 0 Å². The molecule has 2 rings (SSSR count). The highest BCUT2D eigenvalue weighted by Crippen LogP contribution is 2.22. The summed E-state index contributed by atoms with van der Waals surface area (Å²) in [6, 6.07) is 8.70. The van der Waals surface area contributed by atoms with Crippen LogP contribution in [0, 0.1) is 0 Å². The number of benzene rings is 1. The third kappa shape index (κ3) is 3.69. The number of rotatable bonds is 4. The van der Waals surface area contributed by atoms with Crippen LogP contribution in [-0.4, -0.2) is 16.3 Å². The van der Waals surface area contributed by atoms with Crippen LogP contribution in [0.2, 0.25) is 10.0 Å². The van der Waals surface area contributed by atoms with Gasteiger partial charge in [-0.2, -0.15) is 0 Å². The molecule has 0 saturated heterocycles. The maximum Gasteiger partial charge on any atom is 0.120 e. The summed E-state index contributed by atoms with van der Waals surface area (Å²) in [6.07, 6.45) is 1.49. The van der Waals surface area contributed by atoms with Gasteiger partial charge in [0.2, 0.25) is 0 Å². The van der Waals surface area contributed by atoms with Crippen molar-refractivity contribution in [2.24, 2.45) is 0 Å². The molecule has 0 fully saturated rings. The van der Waals surface area contributed by atoms with E-state index in [2.05, 4.69) is 4.98 Å². The minimum Gasteiger partial charge on any atom is -0.497 e. The maximum atomic E-state index is 12.2. The predicted octanol–water partition coefficient (Wildman–Crippen LogP) is 3.70. The first kappa shape index (κ1) is 14.3. The molecule has 0 bridgehead atoms. The van der Waals surface area contributed by atoms with Gasteiger partial charge in [0, 0.05) is 11.1 Å².